The third kappa shape index (κ3) is 6.24. The number of aliphatic hydroxyl groups excluding tert-OH is 1. The molecule has 7 N–H and O–H groups in total. The molecule has 1 amide bonds. The van der Waals surface area contributed by atoms with Gasteiger partial charge in [0.05, 0.1) is 12.6 Å². The second-order valence-electron chi connectivity index (χ2n) is 4.64. The molecule has 1 aromatic carbocycles. The van der Waals surface area contributed by atoms with Crippen molar-refractivity contribution in [3.63, 3.8) is 0 Å². The zero-order chi connectivity index (χ0) is 15.7. The van der Waals surface area contributed by atoms with Gasteiger partial charge in [-0.15, -0.1) is 0 Å². The van der Waals surface area contributed by atoms with E-state index in [9.17, 15) is 4.79 Å². The van der Waals surface area contributed by atoms with E-state index in [0.29, 0.717) is 25.1 Å². The molecule has 1 aromatic rings. The predicted molar refractivity (Wildman–Crippen MR) is 83.0 cm³/mol. The molecular weight excluding hydrogens is 270 g/mol. The molecule has 1 rings (SSSR count). The fraction of sp³-hybridized carbons (Fsp3) is 0.429. The molecule has 0 fully saturated rings. The second-order valence-corrected chi connectivity index (χ2v) is 4.64. The topological polar surface area (TPSA) is 123 Å². The summed E-state index contributed by atoms with van der Waals surface area (Å²) in [7, 11) is 1.66. The number of aliphatic hydroxyl groups is 1. The number of carbonyl (C=O) groups excluding carboxylic acids is 1. The average Bonchev–Trinajstić information content (AvgIpc) is 2.51. The van der Waals surface area contributed by atoms with Crippen molar-refractivity contribution < 1.29 is 9.90 Å². The molecule has 0 aliphatic heterocycles. The molecule has 116 valence electrons. The zero-order valence-electron chi connectivity index (χ0n) is 12.1. The van der Waals surface area contributed by atoms with Gasteiger partial charge in [-0.25, -0.2) is 0 Å². The minimum Gasteiger partial charge on any atom is -0.392 e. The molecule has 0 unspecified atom stereocenters. The van der Waals surface area contributed by atoms with Crippen LogP contribution in [0.2, 0.25) is 0 Å². The van der Waals surface area contributed by atoms with Gasteiger partial charge < -0.3 is 26.8 Å². The van der Waals surface area contributed by atoms with Crippen molar-refractivity contribution in [1.29, 1.82) is 5.41 Å². The van der Waals surface area contributed by atoms with Crippen LogP contribution in [0, 0.1) is 5.41 Å². The molecule has 0 aromatic heterocycles. The van der Waals surface area contributed by atoms with E-state index in [4.69, 9.17) is 16.2 Å². The largest absolute Gasteiger partial charge is 0.392 e. The lowest BCUT2D eigenvalue weighted by Crippen LogP contribution is -2.38. The fourth-order valence-electron chi connectivity index (χ4n) is 1.68. The summed E-state index contributed by atoms with van der Waals surface area (Å²) in [5.41, 5.74) is 7.26. The maximum Gasteiger partial charge on any atom is 0.241 e. The molecular formula is C14H23N5O2. The highest BCUT2D eigenvalue weighted by Gasteiger charge is 2.13. The van der Waals surface area contributed by atoms with Crippen LogP contribution in [0.5, 0.6) is 0 Å². The van der Waals surface area contributed by atoms with Crippen LogP contribution in [0.3, 0.4) is 0 Å². The highest BCUT2D eigenvalue weighted by molar-refractivity contribution is 5.94. The molecule has 1 atom stereocenters. The van der Waals surface area contributed by atoms with Crippen molar-refractivity contribution in [1.82, 2.24) is 10.6 Å². The van der Waals surface area contributed by atoms with Crippen LogP contribution in [0.15, 0.2) is 24.3 Å². The van der Waals surface area contributed by atoms with Crippen LogP contribution in [-0.4, -0.2) is 36.6 Å². The van der Waals surface area contributed by atoms with E-state index >= 15 is 0 Å². The second kappa shape index (κ2) is 8.93. The first kappa shape index (κ1) is 16.9. The van der Waals surface area contributed by atoms with Gasteiger partial charge in [-0.2, -0.15) is 0 Å². The van der Waals surface area contributed by atoms with Crippen LogP contribution in [0.25, 0.3) is 0 Å². The van der Waals surface area contributed by atoms with Gasteiger partial charge in [0.25, 0.3) is 0 Å². The van der Waals surface area contributed by atoms with Crippen molar-refractivity contribution in [3.8, 4) is 0 Å². The molecule has 7 heteroatoms. The van der Waals surface area contributed by atoms with Crippen LogP contribution in [-0.2, 0) is 11.4 Å². The third-order valence-electron chi connectivity index (χ3n) is 2.98. The van der Waals surface area contributed by atoms with Gasteiger partial charge in [-0.05, 0) is 30.5 Å². The molecule has 0 bridgehead atoms. The SMILES string of the molecule is CNC(=N)NCCC[C@H](N)C(=O)Nc1ccc(CO)cc1. The van der Waals surface area contributed by atoms with Gasteiger partial charge in [0.1, 0.15) is 0 Å². The number of nitrogens with two attached hydrogens (primary N) is 1. The number of carbonyl (C=O) groups is 1. The van der Waals surface area contributed by atoms with Crippen LogP contribution in [0.4, 0.5) is 5.69 Å². The number of guanidine groups is 1. The van der Waals surface area contributed by atoms with E-state index in [-0.39, 0.29) is 18.5 Å². The lowest BCUT2D eigenvalue weighted by atomic mass is 10.1. The van der Waals surface area contributed by atoms with E-state index in [1.807, 2.05) is 0 Å². The van der Waals surface area contributed by atoms with Gasteiger partial charge in [0, 0.05) is 19.3 Å². The summed E-state index contributed by atoms with van der Waals surface area (Å²) < 4.78 is 0. The monoisotopic (exact) mass is 293 g/mol. The highest BCUT2D eigenvalue weighted by Crippen LogP contribution is 2.10. The van der Waals surface area contributed by atoms with Crippen LogP contribution in [0.1, 0.15) is 18.4 Å². The normalized spacial score (nSPS) is 11.6. The highest BCUT2D eigenvalue weighted by atomic mass is 16.3. The van der Waals surface area contributed by atoms with Gasteiger partial charge in [-0.1, -0.05) is 12.1 Å². The molecule has 0 aliphatic rings. The summed E-state index contributed by atoms with van der Waals surface area (Å²) in [6, 6.07) is 6.36. The zero-order valence-corrected chi connectivity index (χ0v) is 12.1. The summed E-state index contributed by atoms with van der Waals surface area (Å²) in [6.07, 6.45) is 1.23. The van der Waals surface area contributed by atoms with E-state index in [1.165, 1.54) is 0 Å². The van der Waals surface area contributed by atoms with Crippen molar-refractivity contribution in [2.45, 2.75) is 25.5 Å². The number of anilines is 1. The lowest BCUT2D eigenvalue weighted by Gasteiger charge is -2.13. The maximum absolute atomic E-state index is 11.9. The molecule has 0 spiro atoms. The molecule has 0 aliphatic carbocycles. The van der Waals surface area contributed by atoms with E-state index in [1.54, 1.807) is 31.3 Å². The van der Waals surface area contributed by atoms with Crippen molar-refractivity contribution in [2.24, 2.45) is 5.73 Å². The Kier molecular flexibility index (Phi) is 7.20. The minimum atomic E-state index is -0.590. The number of hydrogen-bond acceptors (Lipinski definition) is 4. The van der Waals surface area contributed by atoms with Gasteiger partial charge in [0.15, 0.2) is 5.96 Å². The third-order valence-corrected chi connectivity index (χ3v) is 2.98. The predicted octanol–water partition coefficient (Wildman–Crippen LogP) is -0.0313. The number of amides is 1. The Balaban J connectivity index is 2.31. The van der Waals surface area contributed by atoms with Crippen LogP contribution < -0.4 is 21.7 Å². The summed E-state index contributed by atoms with van der Waals surface area (Å²) in [6.45, 7) is 0.564. The first-order valence-electron chi connectivity index (χ1n) is 6.83. The minimum absolute atomic E-state index is 0.0254. The van der Waals surface area contributed by atoms with Gasteiger partial charge in [0.2, 0.25) is 5.91 Å². The Morgan fingerprint density at radius 1 is 1.38 bits per heavy atom. The molecule has 7 nitrogen and oxygen atoms in total. The van der Waals surface area contributed by atoms with E-state index in [2.05, 4.69) is 16.0 Å². The van der Waals surface area contributed by atoms with Crippen molar-refractivity contribution in [3.05, 3.63) is 29.8 Å². The molecule has 0 heterocycles. The smallest absolute Gasteiger partial charge is 0.241 e. The van der Waals surface area contributed by atoms with Gasteiger partial charge >= 0.3 is 0 Å². The Morgan fingerprint density at radius 3 is 2.62 bits per heavy atom. The fourth-order valence-corrected chi connectivity index (χ4v) is 1.68. The molecule has 0 saturated carbocycles. The maximum atomic E-state index is 11.9. The first-order chi connectivity index (χ1) is 10.1. The average molecular weight is 293 g/mol. The number of benzene rings is 1. The van der Waals surface area contributed by atoms with E-state index in [0.717, 1.165) is 5.56 Å². The van der Waals surface area contributed by atoms with Gasteiger partial charge in [-0.3, -0.25) is 10.2 Å². The summed E-state index contributed by atoms with van der Waals surface area (Å²) >= 11 is 0. The summed E-state index contributed by atoms with van der Waals surface area (Å²) in [5.74, 6) is 0.00689. The Morgan fingerprint density at radius 2 is 2.05 bits per heavy atom. The first-order valence-corrected chi connectivity index (χ1v) is 6.83. The Bertz CT molecular complexity index is 461. The Hall–Kier alpha value is -2.12. The number of rotatable bonds is 7. The Labute approximate surface area is 124 Å². The lowest BCUT2D eigenvalue weighted by molar-refractivity contribution is -0.117. The standard InChI is InChI=1S/C14H23N5O2/c1-17-14(16)18-8-2-3-12(15)13(21)19-11-6-4-10(9-20)5-7-11/h4-7,12,20H,2-3,8-9,15H2,1H3,(H,19,21)(H3,16,17,18)/t12-/m0/s1. The number of hydrogen-bond donors (Lipinski definition) is 6. The summed E-state index contributed by atoms with van der Waals surface area (Å²) in [5, 5.41) is 24.5. The molecule has 0 saturated heterocycles. The van der Waals surface area contributed by atoms with Crippen molar-refractivity contribution in [2.75, 3.05) is 18.9 Å². The van der Waals surface area contributed by atoms with E-state index < -0.39 is 6.04 Å². The van der Waals surface area contributed by atoms with Crippen LogP contribution >= 0.6 is 0 Å². The molecule has 21 heavy (non-hydrogen) atoms. The molecule has 0 radical (unpaired) electrons. The quantitative estimate of drug-likeness (QED) is 0.239. The van der Waals surface area contributed by atoms with Crippen molar-refractivity contribution >= 4 is 17.6 Å². The summed E-state index contributed by atoms with van der Waals surface area (Å²) in [4.78, 5) is 11.9. The number of nitrogens with one attached hydrogen (secondary N) is 4.